The maximum Gasteiger partial charge on any atom is 0.345 e. The van der Waals surface area contributed by atoms with Gasteiger partial charge in [0.1, 0.15) is 0 Å². The van der Waals surface area contributed by atoms with E-state index < -0.39 is 24.6 Å². The molecule has 0 unspecified atom stereocenters. The number of halogens is 1. The fourth-order valence-electron chi connectivity index (χ4n) is 0.884. The first-order chi connectivity index (χ1) is 8.36. The van der Waals surface area contributed by atoms with Crippen molar-refractivity contribution in [2.24, 2.45) is 0 Å². The van der Waals surface area contributed by atoms with Gasteiger partial charge in [0.25, 0.3) is 0 Å². The molecule has 0 amide bonds. The van der Waals surface area contributed by atoms with Crippen molar-refractivity contribution in [1.29, 1.82) is 0 Å². The summed E-state index contributed by atoms with van der Waals surface area (Å²) in [5, 5.41) is 8.48. The molecule has 0 bridgehead atoms. The Balaban J connectivity index is 0.000000331. The first-order valence-electron chi connectivity index (χ1n) is 4.94. The van der Waals surface area contributed by atoms with Crippen LogP contribution in [0, 0.1) is 6.92 Å². The molecule has 0 fully saturated rings. The first kappa shape index (κ1) is 15.8. The van der Waals surface area contributed by atoms with Gasteiger partial charge in [-0.1, -0.05) is 17.7 Å². The number of ether oxygens (including phenoxy) is 1. The second kappa shape index (κ2) is 7.94. The third kappa shape index (κ3) is 7.10. The van der Waals surface area contributed by atoms with Crippen molar-refractivity contribution in [1.82, 2.24) is 0 Å². The first-order valence-corrected chi connectivity index (χ1v) is 4.94. The summed E-state index contributed by atoms with van der Waals surface area (Å²) in [4.78, 5) is 29.9. The van der Waals surface area contributed by atoms with Crippen molar-refractivity contribution in [3.05, 3.63) is 35.4 Å². The zero-order chi connectivity index (χ0) is 14.1. The van der Waals surface area contributed by atoms with Gasteiger partial charge in [-0.25, -0.2) is 14.0 Å². The number of alkyl halides is 1. The maximum absolute atomic E-state index is 11.1. The second-order valence-electron chi connectivity index (χ2n) is 3.27. The SMILES string of the molecule is CC(=O)OC(=O)CF.Cc1ccc(C(=O)O)cc1. The molecule has 0 spiro atoms. The molecule has 98 valence electrons. The number of carboxylic acids is 1. The minimum Gasteiger partial charge on any atom is -0.478 e. The fourth-order valence-corrected chi connectivity index (χ4v) is 0.884. The lowest BCUT2D eigenvalue weighted by molar-refractivity contribution is -0.158. The second-order valence-corrected chi connectivity index (χ2v) is 3.27. The molecular formula is C12H13FO5. The van der Waals surface area contributed by atoms with Gasteiger partial charge in [-0.3, -0.25) is 4.79 Å². The van der Waals surface area contributed by atoms with Crippen molar-refractivity contribution in [3.8, 4) is 0 Å². The number of carbonyl (C=O) groups is 3. The van der Waals surface area contributed by atoms with Gasteiger partial charge >= 0.3 is 17.9 Å². The van der Waals surface area contributed by atoms with Crippen molar-refractivity contribution >= 4 is 17.9 Å². The van der Waals surface area contributed by atoms with Gasteiger partial charge < -0.3 is 9.84 Å². The molecule has 0 aliphatic heterocycles. The number of carbonyl (C=O) groups excluding carboxylic acids is 2. The molecule has 18 heavy (non-hydrogen) atoms. The van der Waals surface area contributed by atoms with E-state index in [1.54, 1.807) is 24.3 Å². The third-order valence-electron chi connectivity index (χ3n) is 1.67. The van der Waals surface area contributed by atoms with E-state index in [9.17, 15) is 18.8 Å². The van der Waals surface area contributed by atoms with Gasteiger partial charge in [0, 0.05) is 6.92 Å². The van der Waals surface area contributed by atoms with Crippen LogP contribution in [0.1, 0.15) is 22.8 Å². The van der Waals surface area contributed by atoms with E-state index in [1.807, 2.05) is 6.92 Å². The van der Waals surface area contributed by atoms with Gasteiger partial charge in [0.15, 0.2) is 6.67 Å². The zero-order valence-corrected chi connectivity index (χ0v) is 9.97. The van der Waals surface area contributed by atoms with Crippen molar-refractivity contribution in [3.63, 3.8) is 0 Å². The highest BCUT2D eigenvalue weighted by Crippen LogP contribution is 2.01. The number of hydrogen-bond donors (Lipinski definition) is 1. The van der Waals surface area contributed by atoms with Crippen molar-refractivity contribution in [2.75, 3.05) is 6.67 Å². The quantitative estimate of drug-likeness (QED) is 0.644. The molecule has 1 N–H and O–H groups in total. The van der Waals surface area contributed by atoms with Crippen LogP contribution in [0.3, 0.4) is 0 Å². The Kier molecular flexibility index (Phi) is 6.95. The van der Waals surface area contributed by atoms with Crippen LogP contribution >= 0.6 is 0 Å². The summed E-state index contributed by atoms with van der Waals surface area (Å²) in [7, 11) is 0. The van der Waals surface area contributed by atoms with Gasteiger partial charge in [-0.05, 0) is 19.1 Å². The number of rotatable bonds is 2. The normalized spacial score (nSPS) is 8.83. The molecule has 0 aliphatic rings. The van der Waals surface area contributed by atoms with Crippen molar-refractivity contribution in [2.45, 2.75) is 13.8 Å². The summed E-state index contributed by atoms with van der Waals surface area (Å²) in [6.45, 7) is 1.71. The highest BCUT2D eigenvalue weighted by molar-refractivity contribution is 5.87. The minimum atomic E-state index is -1.25. The highest BCUT2D eigenvalue weighted by atomic mass is 19.1. The lowest BCUT2D eigenvalue weighted by Gasteiger charge is -1.92. The van der Waals surface area contributed by atoms with Crippen LogP contribution in [0.15, 0.2) is 24.3 Å². The monoisotopic (exact) mass is 256 g/mol. The molecule has 0 aliphatic carbocycles. The number of esters is 2. The maximum atomic E-state index is 11.1. The average molecular weight is 256 g/mol. The summed E-state index contributed by atoms with van der Waals surface area (Å²) in [5.74, 6) is -2.80. The van der Waals surface area contributed by atoms with E-state index in [4.69, 9.17) is 5.11 Å². The molecule has 0 aromatic heterocycles. The van der Waals surface area contributed by atoms with Crippen LogP contribution < -0.4 is 0 Å². The molecule has 5 nitrogen and oxygen atoms in total. The molecule has 1 aromatic carbocycles. The number of carboxylic acid groups (broad SMARTS) is 1. The van der Waals surface area contributed by atoms with E-state index in [0.717, 1.165) is 12.5 Å². The summed E-state index contributed by atoms with van der Waals surface area (Å²) >= 11 is 0. The van der Waals surface area contributed by atoms with E-state index in [2.05, 4.69) is 4.74 Å². The Morgan fingerprint density at radius 1 is 1.22 bits per heavy atom. The standard InChI is InChI=1S/C8H8O2.C4H5FO3/c1-6-2-4-7(5-3-6)8(9)10;1-3(6)8-4(7)2-5/h2-5H,1H3,(H,9,10);2H2,1H3. The van der Waals surface area contributed by atoms with Crippen LogP contribution in [0.4, 0.5) is 4.39 Å². The van der Waals surface area contributed by atoms with Crippen LogP contribution in [0.2, 0.25) is 0 Å². The van der Waals surface area contributed by atoms with Gasteiger partial charge in [0.05, 0.1) is 5.56 Å². The van der Waals surface area contributed by atoms with Crippen LogP contribution in [-0.2, 0) is 14.3 Å². The summed E-state index contributed by atoms with van der Waals surface area (Å²) in [6.07, 6.45) is 0. The van der Waals surface area contributed by atoms with Crippen molar-refractivity contribution < 1.29 is 28.6 Å². The van der Waals surface area contributed by atoms with E-state index in [0.29, 0.717) is 5.56 Å². The predicted molar refractivity (Wildman–Crippen MR) is 60.9 cm³/mol. The van der Waals surface area contributed by atoms with E-state index in [1.165, 1.54) is 0 Å². The summed E-state index contributed by atoms with van der Waals surface area (Å²) in [6, 6.07) is 6.75. The molecular weight excluding hydrogens is 243 g/mol. The molecule has 0 atom stereocenters. The van der Waals surface area contributed by atoms with Crippen LogP contribution in [0.25, 0.3) is 0 Å². The molecule has 1 rings (SSSR count). The largest absolute Gasteiger partial charge is 0.478 e. The third-order valence-corrected chi connectivity index (χ3v) is 1.67. The Morgan fingerprint density at radius 2 is 1.72 bits per heavy atom. The summed E-state index contributed by atoms with van der Waals surface area (Å²) < 4.78 is 14.9. The lowest BCUT2D eigenvalue weighted by Crippen LogP contribution is -2.09. The Morgan fingerprint density at radius 3 is 2.00 bits per heavy atom. The highest BCUT2D eigenvalue weighted by Gasteiger charge is 2.02. The minimum absolute atomic E-state index is 0.339. The van der Waals surface area contributed by atoms with E-state index in [-0.39, 0.29) is 0 Å². The van der Waals surface area contributed by atoms with Crippen LogP contribution in [-0.4, -0.2) is 29.7 Å². The zero-order valence-electron chi connectivity index (χ0n) is 9.97. The smallest absolute Gasteiger partial charge is 0.345 e. The van der Waals surface area contributed by atoms with Gasteiger partial charge in [-0.15, -0.1) is 0 Å². The number of aromatic carboxylic acids is 1. The Hall–Kier alpha value is -2.24. The fraction of sp³-hybridized carbons (Fsp3) is 0.250. The topological polar surface area (TPSA) is 80.7 Å². The molecule has 0 saturated carbocycles. The van der Waals surface area contributed by atoms with Crippen LogP contribution in [0.5, 0.6) is 0 Å². The Bertz CT molecular complexity index is 425. The number of benzene rings is 1. The number of hydrogen-bond acceptors (Lipinski definition) is 4. The molecule has 0 saturated heterocycles. The molecule has 0 radical (unpaired) electrons. The lowest BCUT2D eigenvalue weighted by atomic mass is 10.2. The Labute approximate surface area is 103 Å². The summed E-state index contributed by atoms with van der Waals surface area (Å²) in [5.41, 5.74) is 1.41. The predicted octanol–water partition coefficient (Wildman–Crippen LogP) is 1.74. The molecule has 1 aromatic rings. The van der Waals surface area contributed by atoms with E-state index >= 15 is 0 Å². The van der Waals surface area contributed by atoms with Gasteiger partial charge in [-0.2, -0.15) is 0 Å². The molecule has 6 heteroatoms. The van der Waals surface area contributed by atoms with Gasteiger partial charge in [0.2, 0.25) is 0 Å². The number of aryl methyl sites for hydroxylation is 1. The average Bonchev–Trinajstić information content (AvgIpc) is 2.29. The molecule has 0 heterocycles.